The quantitative estimate of drug-likeness (QED) is 0.692. The third-order valence-electron chi connectivity index (χ3n) is 3.78. The van der Waals surface area contributed by atoms with Gasteiger partial charge in [0.05, 0.1) is 0 Å². The lowest BCUT2D eigenvalue weighted by Gasteiger charge is -2.38. The Labute approximate surface area is 105 Å². The Kier molecular flexibility index (Phi) is 3.25. The lowest BCUT2D eigenvalue weighted by molar-refractivity contribution is -0.148. The molecule has 17 heavy (non-hydrogen) atoms. The summed E-state index contributed by atoms with van der Waals surface area (Å²) in [7, 11) is 0. The van der Waals surface area contributed by atoms with Crippen LogP contribution in [-0.2, 0) is 4.79 Å². The Balaban J connectivity index is 1.79. The van der Waals surface area contributed by atoms with Crippen molar-refractivity contribution in [1.29, 1.82) is 0 Å². The molecule has 5 nitrogen and oxygen atoms in total. The fourth-order valence-electron chi connectivity index (χ4n) is 2.02. The van der Waals surface area contributed by atoms with Crippen LogP contribution in [0.25, 0.3) is 0 Å². The summed E-state index contributed by atoms with van der Waals surface area (Å²) >= 11 is 1.77. The molecule has 96 valence electrons. The molecule has 2 aliphatic rings. The molecule has 0 atom stereocenters. The number of urea groups is 1. The standard InChI is InChI=1S/C11H18N2O3S/c1-17-10(5-6-10)7-12-9(16)13-11(8(14)15)3-2-4-11/h2-7H2,1H3,(H,14,15)(H2,12,13,16). The molecule has 0 spiro atoms. The zero-order valence-electron chi connectivity index (χ0n) is 9.91. The highest BCUT2D eigenvalue weighted by Gasteiger charge is 2.46. The number of nitrogens with one attached hydrogen (secondary N) is 2. The highest BCUT2D eigenvalue weighted by molar-refractivity contribution is 8.00. The van der Waals surface area contributed by atoms with Gasteiger partial charge in [0, 0.05) is 11.3 Å². The monoisotopic (exact) mass is 258 g/mol. The molecule has 2 aliphatic carbocycles. The lowest BCUT2D eigenvalue weighted by Crippen LogP contribution is -2.61. The normalized spacial score (nSPS) is 23.4. The smallest absolute Gasteiger partial charge is 0.329 e. The molecule has 0 aromatic heterocycles. The first-order valence-electron chi connectivity index (χ1n) is 5.87. The van der Waals surface area contributed by atoms with Gasteiger partial charge < -0.3 is 15.7 Å². The number of carboxylic acid groups (broad SMARTS) is 1. The minimum atomic E-state index is -1.01. The van der Waals surface area contributed by atoms with Crippen LogP contribution >= 0.6 is 11.8 Å². The summed E-state index contributed by atoms with van der Waals surface area (Å²) in [6.45, 7) is 0.621. The second-order valence-electron chi connectivity index (χ2n) is 4.94. The van der Waals surface area contributed by atoms with Crippen molar-refractivity contribution in [2.45, 2.75) is 42.4 Å². The molecule has 0 aromatic rings. The predicted molar refractivity (Wildman–Crippen MR) is 66.2 cm³/mol. The van der Waals surface area contributed by atoms with Gasteiger partial charge >= 0.3 is 12.0 Å². The van der Waals surface area contributed by atoms with Crippen LogP contribution in [0, 0.1) is 0 Å². The van der Waals surface area contributed by atoms with Crippen LogP contribution in [0.1, 0.15) is 32.1 Å². The molecule has 0 saturated heterocycles. The van der Waals surface area contributed by atoms with Crippen molar-refractivity contribution in [1.82, 2.24) is 10.6 Å². The third kappa shape index (κ3) is 2.51. The van der Waals surface area contributed by atoms with Gasteiger partial charge in [-0.1, -0.05) is 0 Å². The fraction of sp³-hybridized carbons (Fsp3) is 0.818. The van der Waals surface area contributed by atoms with Crippen molar-refractivity contribution in [2.75, 3.05) is 12.8 Å². The van der Waals surface area contributed by atoms with Crippen molar-refractivity contribution < 1.29 is 14.7 Å². The number of hydrogen-bond donors (Lipinski definition) is 3. The van der Waals surface area contributed by atoms with Crippen LogP contribution in [0.5, 0.6) is 0 Å². The van der Waals surface area contributed by atoms with E-state index >= 15 is 0 Å². The van der Waals surface area contributed by atoms with Gasteiger partial charge in [-0.05, 0) is 38.4 Å². The largest absolute Gasteiger partial charge is 0.480 e. The second kappa shape index (κ2) is 4.40. The van der Waals surface area contributed by atoms with E-state index in [9.17, 15) is 9.59 Å². The summed E-state index contributed by atoms with van der Waals surface area (Å²) in [5.41, 5.74) is -1.01. The molecule has 0 heterocycles. The van der Waals surface area contributed by atoms with Gasteiger partial charge in [-0.25, -0.2) is 9.59 Å². The molecule has 2 saturated carbocycles. The maximum atomic E-state index is 11.7. The average molecular weight is 258 g/mol. The molecule has 2 amide bonds. The minimum absolute atomic E-state index is 0.202. The van der Waals surface area contributed by atoms with Crippen molar-refractivity contribution >= 4 is 23.8 Å². The van der Waals surface area contributed by atoms with Crippen LogP contribution in [0.3, 0.4) is 0 Å². The van der Waals surface area contributed by atoms with Gasteiger partial charge in [-0.2, -0.15) is 11.8 Å². The minimum Gasteiger partial charge on any atom is -0.480 e. The Hall–Kier alpha value is -0.910. The molecule has 0 bridgehead atoms. The van der Waals surface area contributed by atoms with E-state index in [2.05, 4.69) is 10.6 Å². The summed E-state index contributed by atoms with van der Waals surface area (Å²) in [6, 6.07) is -0.354. The van der Waals surface area contributed by atoms with E-state index in [4.69, 9.17) is 5.11 Å². The Bertz CT molecular complexity index is 338. The van der Waals surface area contributed by atoms with Gasteiger partial charge in [-0.3, -0.25) is 0 Å². The Morgan fingerprint density at radius 3 is 2.29 bits per heavy atom. The van der Waals surface area contributed by atoms with Crippen molar-refractivity contribution in [3.05, 3.63) is 0 Å². The first-order chi connectivity index (χ1) is 8.02. The molecule has 6 heteroatoms. The van der Waals surface area contributed by atoms with Crippen LogP contribution in [0.15, 0.2) is 0 Å². The summed E-state index contributed by atoms with van der Waals surface area (Å²) in [4.78, 5) is 22.7. The number of aliphatic carboxylic acids is 1. The number of carbonyl (C=O) groups is 2. The molecular formula is C11H18N2O3S. The molecule has 0 unspecified atom stereocenters. The van der Waals surface area contributed by atoms with E-state index in [1.54, 1.807) is 11.8 Å². The van der Waals surface area contributed by atoms with Crippen molar-refractivity contribution in [3.8, 4) is 0 Å². The first kappa shape index (κ1) is 12.5. The van der Waals surface area contributed by atoms with Crippen LogP contribution < -0.4 is 10.6 Å². The van der Waals surface area contributed by atoms with E-state index < -0.39 is 11.5 Å². The van der Waals surface area contributed by atoms with Gasteiger partial charge in [0.25, 0.3) is 0 Å². The molecule has 2 rings (SSSR count). The number of rotatable bonds is 5. The maximum absolute atomic E-state index is 11.7. The van der Waals surface area contributed by atoms with Gasteiger partial charge in [0.15, 0.2) is 0 Å². The van der Waals surface area contributed by atoms with Crippen LogP contribution in [0.2, 0.25) is 0 Å². The van der Waals surface area contributed by atoms with Crippen LogP contribution in [-0.4, -0.2) is 40.2 Å². The highest BCUT2D eigenvalue weighted by atomic mass is 32.2. The summed E-state index contributed by atoms with van der Waals surface area (Å²) in [5, 5.41) is 14.4. The van der Waals surface area contributed by atoms with Gasteiger partial charge in [0.2, 0.25) is 0 Å². The van der Waals surface area contributed by atoms with Gasteiger partial charge in [-0.15, -0.1) is 0 Å². The maximum Gasteiger partial charge on any atom is 0.329 e. The zero-order valence-corrected chi connectivity index (χ0v) is 10.7. The number of carbonyl (C=O) groups excluding carboxylic acids is 1. The highest BCUT2D eigenvalue weighted by Crippen LogP contribution is 2.46. The predicted octanol–water partition coefficient (Wildman–Crippen LogP) is 1.19. The third-order valence-corrected chi connectivity index (χ3v) is 5.20. The molecule has 0 aromatic carbocycles. The summed E-state index contributed by atoms with van der Waals surface area (Å²) in [5.74, 6) is -0.926. The average Bonchev–Trinajstić information content (AvgIpc) is 3.01. The molecule has 2 fully saturated rings. The van der Waals surface area contributed by atoms with Crippen molar-refractivity contribution in [2.24, 2.45) is 0 Å². The Morgan fingerprint density at radius 1 is 1.29 bits per heavy atom. The van der Waals surface area contributed by atoms with Gasteiger partial charge in [0.1, 0.15) is 5.54 Å². The summed E-state index contributed by atoms with van der Waals surface area (Å²) in [6.07, 6.45) is 6.21. The first-order valence-corrected chi connectivity index (χ1v) is 7.09. The Morgan fingerprint density at radius 2 is 1.94 bits per heavy atom. The van der Waals surface area contributed by atoms with E-state index in [0.717, 1.165) is 19.3 Å². The number of thioether (sulfide) groups is 1. The number of amides is 2. The van der Waals surface area contributed by atoms with E-state index in [1.165, 1.54) is 0 Å². The fourth-order valence-corrected chi connectivity index (χ4v) is 2.74. The lowest BCUT2D eigenvalue weighted by atomic mass is 9.77. The van der Waals surface area contributed by atoms with Crippen molar-refractivity contribution in [3.63, 3.8) is 0 Å². The number of carboxylic acids is 1. The summed E-state index contributed by atoms with van der Waals surface area (Å²) < 4.78 is 0.202. The zero-order chi connectivity index (χ0) is 12.5. The topological polar surface area (TPSA) is 78.4 Å². The van der Waals surface area contributed by atoms with E-state index in [1.807, 2.05) is 6.26 Å². The molecule has 3 N–H and O–H groups in total. The molecule has 0 radical (unpaired) electrons. The second-order valence-corrected chi connectivity index (χ2v) is 6.21. The van der Waals surface area contributed by atoms with E-state index in [0.29, 0.717) is 19.4 Å². The molecule has 0 aliphatic heterocycles. The van der Waals surface area contributed by atoms with Crippen LogP contribution in [0.4, 0.5) is 4.79 Å². The van der Waals surface area contributed by atoms with E-state index in [-0.39, 0.29) is 10.8 Å². The SMILES string of the molecule is CSC1(CNC(=O)NC2(C(=O)O)CCC2)CC1. The number of hydrogen-bond acceptors (Lipinski definition) is 3. The molecular weight excluding hydrogens is 240 g/mol.